The third kappa shape index (κ3) is 5.78. The summed E-state index contributed by atoms with van der Waals surface area (Å²) in [7, 11) is 1.22. The van der Waals surface area contributed by atoms with E-state index in [1.165, 1.54) is 19.4 Å². The summed E-state index contributed by atoms with van der Waals surface area (Å²) < 4.78 is 23.8. The first-order valence-electron chi connectivity index (χ1n) is 7.79. The molecule has 2 rings (SSSR count). The molecule has 1 fully saturated rings. The summed E-state index contributed by atoms with van der Waals surface area (Å²) in [5, 5.41) is 10.3. The number of thioether (sulfide) groups is 1. The fourth-order valence-corrected chi connectivity index (χ4v) is 2.62. The quantitative estimate of drug-likeness (QED) is 0.258. The minimum absolute atomic E-state index is 0.160. The Labute approximate surface area is 154 Å². The zero-order chi connectivity index (χ0) is 18.9. The molecular formula is C17H18FN3O4S. The molecule has 0 aromatic heterocycles. The molecule has 9 heteroatoms. The lowest BCUT2D eigenvalue weighted by molar-refractivity contribution is -0.135. The van der Waals surface area contributed by atoms with Crippen molar-refractivity contribution in [3.05, 3.63) is 46.1 Å². The predicted molar refractivity (Wildman–Crippen MR) is 97.2 cm³/mol. The normalized spacial score (nSPS) is 17.3. The van der Waals surface area contributed by atoms with E-state index < -0.39 is 11.9 Å². The molecule has 1 heterocycles. The van der Waals surface area contributed by atoms with Gasteiger partial charge in [-0.05, 0) is 29.8 Å². The van der Waals surface area contributed by atoms with E-state index in [2.05, 4.69) is 20.3 Å². The third-order valence-corrected chi connectivity index (χ3v) is 4.04. The first kappa shape index (κ1) is 19.8. The smallest absolute Gasteiger partial charge is 0.331 e. The Morgan fingerprint density at radius 1 is 1.42 bits per heavy atom. The van der Waals surface area contributed by atoms with E-state index in [9.17, 15) is 14.0 Å². The van der Waals surface area contributed by atoms with Crippen LogP contribution in [0.3, 0.4) is 0 Å². The van der Waals surface area contributed by atoms with Crippen LogP contribution in [0.4, 0.5) is 4.39 Å². The van der Waals surface area contributed by atoms with Crippen LogP contribution in [0.15, 0.2) is 39.4 Å². The fraction of sp³-hybridized carbons (Fsp3) is 0.294. The Morgan fingerprint density at radius 2 is 2.23 bits per heavy atom. The van der Waals surface area contributed by atoms with E-state index >= 15 is 0 Å². The van der Waals surface area contributed by atoms with Crippen molar-refractivity contribution in [3.8, 4) is 0 Å². The number of carbonyl (C=O) groups is 2. The molecule has 0 radical (unpaired) electrons. The topological polar surface area (TPSA) is 89.4 Å². The molecule has 0 aliphatic carbocycles. The summed E-state index contributed by atoms with van der Waals surface area (Å²) in [6, 6.07) is 4.65. The van der Waals surface area contributed by atoms with Gasteiger partial charge in [0, 0.05) is 18.2 Å². The zero-order valence-electron chi connectivity index (χ0n) is 14.3. The van der Waals surface area contributed by atoms with Crippen LogP contribution in [0.1, 0.15) is 24.5 Å². The number of amides is 1. The fourth-order valence-electron chi connectivity index (χ4n) is 1.88. The average Bonchev–Trinajstić information content (AvgIpc) is 2.96. The minimum Gasteiger partial charge on any atom is -0.466 e. The number of hydrogen-bond donors (Lipinski definition) is 1. The van der Waals surface area contributed by atoms with Crippen molar-refractivity contribution in [2.24, 2.45) is 10.2 Å². The molecule has 1 aliphatic heterocycles. The summed E-state index contributed by atoms with van der Waals surface area (Å²) in [5.41, 5.74) is 0.990. The lowest BCUT2D eigenvalue weighted by Crippen LogP contribution is -2.19. The van der Waals surface area contributed by atoms with Gasteiger partial charge in [-0.15, -0.1) is 5.10 Å². The molecule has 1 aromatic rings. The Hall–Kier alpha value is -2.52. The highest BCUT2D eigenvalue weighted by atomic mass is 32.2. The van der Waals surface area contributed by atoms with Crippen LogP contribution in [-0.4, -0.2) is 37.0 Å². The number of nitrogens with zero attached hydrogens (tertiary/aromatic N) is 2. The molecule has 1 N–H and O–H groups in total. The lowest BCUT2D eigenvalue weighted by atomic mass is 10.1. The SMILES string of the molecule is CCCOCc1ccc(C=N/N=C2/NC(=O)/C(=C\C(=O)OC)S2)cc1F. The summed E-state index contributed by atoms with van der Waals surface area (Å²) in [6.45, 7) is 2.78. The second kappa shape index (κ2) is 9.83. The van der Waals surface area contributed by atoms with Gasteiger partial charge < -0.3 is 9.47 Å². The number of ether oxygens (including phenoxy) is 2. The highest BCUT2D eigenvalue weighted by Gasteiger charge is 2.24. The Morgan fingerprint density at radius 3 is 2.92 bits per heavy atom. The highest BCUT2D eigenvalue weighted by molar-refractivity contribution is 8.18. The third-order valence-electron chi connectivity index (χ3n) is 3.14. The zero-order valence-corrected chi connectivity index (χ0v) is 15.1. The van der Waals surface area contributed by atoms with E-state index in [0.29, 0.717) is 17.7 Å². The molecule has 0 bridgehead atoms. The molecule has 1 aliphatic rings. The van der Waals surface area contributed by atoms with E-state index in [1.54, 1.807) is 12.1 Å². The van der Waals surface area contributed by atoms with Crippen LogP contribution in [0.25, 0.3) is 0 Å². The van der Waals surface area contributed by atoms with Crippen LogP contribution < -0.4 is 5.32 Å². The van der Waals surface area contributed by atoms with Gasteiger partial charge in [-0.25, -0.2) is 9.18 Å². The maximum absolute atomic E-state index is 14.0. The number of benzene rings is 1. The number of esters is 1. The van der Waals surface area contributed by atoms with Crippen LogP contribution in [0.5, 0.6) is 0 Å². The highest BCUT2D eigenvalue weighted by Crippen LogP contribution is 2.23. The summed E-state index contributed by atoms with van der Waals surface area (Å²) in [6.07, 6.45) is 3.31. The van der Waals surface area contributed by atoms with Crippen molar-refractivity contribution in [2.75, 3.05) is 13.7 Å². The molecule has 0 unspecified atom stereocenters. The van der Waals surface area contributed by atoms with Gasteiger partial charge in [0.2, 0.25) is 0 Å². The number of rotatable bonds is 7. The molecule has 0 spiro atoms. The van der Waals surface area contributed by atoms with Crippen LogP contribution in [-0.2, 0) is 25.7 Å². The lowest BCUT2D eigenvalue weighted by Gasteiger charge is -2.04. The van der Waals surface area contributed by atoms with Crippen molar-refractivity contribution in [1.82, 2.24) is 5.32 Å². The largest absolute Gasteiger partial charge is 0.466 e. The summed E-state index contributed by atoms with van der Waals surface area (Å²) >= 11 is 0.960. The Kier molecular flexibility index (Phi) is 7.49. The molecule has 7 nitrogen and oxygen atoms in total. The second-order valence-electron chi connectivity index (χ2n) is 5.14. The molecular weight excluding hydrogens is 361 g/mol. The first-order valence-corrected chi connectivity index (χ1v) is 8.61. The molecule has 26 heavy (non-hydrogen) atoms. The number of halogens is 1. The van der Waals surface area contributed by atoms with Crippen LogP contribution in [0, 0.1) is 5.82 Å². The molecule has 1 amide bonds. The maximum atomic E-state index is 14.0. The minimum atomic E-state index is -0.633. The molecule has 1 aromatic carbocycles. The van der Waals surface area contributed by atoms with Gasteiger partial charge in [-0.2, -0.15) is 5.10 Å². The predicted octanol–water partition coefficient (Wildman–Crippen LogP) is 2.36. The molecule has 138 valence electrons. The van der Waals surface area contributed by atoms with E-state index in [0.717, 1.165) is 24.3 Å². The number of amidine groups is 1. The van der Waals surface area contributed by atoms with Gasteiger partial charge in [-0.1, -0.05) is 19.1 Å². The van der Waals surface area contributed by atoms with Gasteiger partial charge in [0.25, 0.3) is 5.91 Å². The van der Waals surface area contributed by atoms with Crippen molar-refractivity contribution >= 4 is 35.0 Å². The Balaban J connectivity index is 1.99. The average molecular weight is 379 g/mol. The maximum Gasteiger partial charge on any atom is 0.331 e. The van der Waals surface area contributed by atoms with Crippen LogP contribution in [0.2, 0.25) is 0 Å². The van der Waals surface area contributed by atoms with E-state index in [4.69, 9.17) is 4.74 Å². The molecule has 0 saturated carbocycles. The molecule has 1 saturated heterocycles. The van der Waals surface area contributed by atoms with Crippen molar-refractivity contribution in [3.63, 3.8) is 0 Å². The van der Waals surface area contributed by atoms with Gasteiger partial charge in [0.05, 0.1) is 24.8 Å². The monoisotopic (exact) mass is 379 g/mol. The number of carbonyl (C=O) groups excluding carboxylic acids is 2. The van der Waals surface area contributed by atoms with Crippen molar-refractivity contribution < 1.29 is 23.5 Å². The first-order chi connectivity index (χ1) is 12.5. The summed E-state index contributed by atoms with van der Waals surface area (Å²) in [5.74, 6) is -1.48. The van der Waals surface area contributed by atoms with Gasteiger partial charge in [0.15, 0.2) is 5.17 Å². The number of nitrogens with one attached hydrogen (secondary N) is 1. The molecule has 0 atom stereocenters. The van der Waals surface area contributed by atoms with E-state index in [-0.39, 0.29) is 22.5 Å². The van der Waals surface area contributed by atoms with Gasteiger partial charge in [0.1, 0.15) is 5.82 Å². The van der Waals surface area contributed by atoms with E-state index in [1.807, 2.05) is 6.92 Å². The number of hydrogen-bond acceptors (Lipinski definition) is 7. The second-order valence-corrected chi connectivity index (χ2v) is 6.17. The van der Waals surface area contributed by atoms with Gasteiger partial charge >= 0.3 is 5.97 Å². The Bertz CT molecular complexity index is 777. The summed E-state index contributed by atoms with van der Waals surface area (Å²) in [4.78, 5) is 23.0. The van der Waals surface area contributed by atoms with Crippen LogP contribution >= 0.6 is 11.8 Å². The van der Waals surface area contributed by atoms with Crippen molar-refractivity contribution in [1.29, 1.82) is 0 Å². The van der Waals surface area contributed by atoms with Gasteiger partial charge in [-0.3, -0.25) is 10.1 Å². The standard InChI is InChI=1S/C17H18FN3O4S/c1-3-6-25-10-12-5-4-11(7-13(12)18)9-19-21-17-20-16(23)14(26-17)8-15(22)24-2/h4-5,7-9H,3,6,10H2,1-2H3,(H,20,21,23)/b14-8+,19-9?. The number of methoxy groups -OCH3 is 1. The van der Waals surface area contributed by atoms with Crippen molar-refractivity contribution in [2.45, 2.75) is 20.0 Å².